The summed E-state index contributed by atoms with van der Waals surface area (Å²) in [7, 11) is -10.00. The Hall–Kier alpha value is -5.06. The van der Waals surface area contributed by atoms with Gasteiger partial charge in [0.25, 0.3) is 0 Å². The third kappa shape index (κ3) is 71.3. The Morgan fingerprint density at radius 1 is 0.300 bits per heavy atom. The van der Waals surface area contributed by atoms with Gasteiger partial charge in [0.2, 0.25) is 0 Å². The van der Waals surface area contributed by atoms with E-state index in [0.717, 1.165) is 154 Å². The summed E-state index contributed by atoms with van der Waals surface area (Å²) in [4.78, 5) is 72.8. The van der Waals surface area contributed by atoms with E-state index in [2.05, 4.69) is 149 Å². The van der Waals surface area contributed by atoms with Crippen molar-refractivity contribution < 1.29 is 80.2 Å². The van der Waals surface area contributed by atoms with Gasteiger partial charge >= 0.3 is 39.5 Å². The maximum atomic E-state index is 13.1. The van der Waals surface area contributed by atoms with Crippen LogP contribution in [0.4, 0.5) is 0 Å². The van der Waals surface area contributed by atoms with Crippen LogP contribution in [-0.4, -0.2) is 96.7 Å². The van der Waals surface area contributed by atoms with Crippen molar-refractivity contribution in [3.05, 3.63) is 146 Å². The van der Waals surface area contributed by atoms with Crippen LogP contribution in [0.15, 0.2) is 146 Å². The zero-order valence-corrected chi connectivity index (χ0v) is 63.9. The lowest BCUT2D eigenvalue weighted by molar-refractivity contribution is -0.161. The molecule has 570 valence electrons. The number of rotatable bonds is 70. The molecule has 0 heterocycles. The molecule has 0 aliphatic heterocycles. The highest BCUT2D eigenvalue weighted by Crippen LogP contribution is 2.45. The van der Waals surface area contributed by atoms with Crippen LogP contribution in [0.2, 0.25) is 0 Å². The number of aliphatic hydroxyl groups excluding tert-OH is 1. The first-order chi connectivity index (χ1) is 48.7. The number of hydrogen-bond acceptors (Lipinski definition) is 15. The number of aliphatic hydroxyl groups is 1. The Labute approximate surface area is 605 Å². The molecule has 0 bridgehead atoms. The van der Waals surface area contributed by atoms with Crippen molar-refractivity contribution in [3.8, 4) is 0 Å². The number of phosphoric acid groups is 2. The molecule has 0 saturated heterocycles. The zero-order chi connectivity index (χ0) is 73.2. The summed E-state index contributed by atoms with van der Waals surface area (Å²) < 4.78 is 68.3. The molecule has 17 nitrogen and oxygen atoms in total. The largest absolute Gasteiger partial charge is 0.472 e. The van der Waals surface area contributed by atoms with Gasteiger partial charge in [-0.3, -0.25) is 37.3 Å². The highest BCUT2D eigenvalue weighted by atomic mass is 31.2. The average molecular weight is 1440 g/mol. The molecule has 5 atom stereocenters. The second-order valence-corrected chi connectivity index (χ2v) is 27.7. The van der Waals surface area contributed by atoms with Crippen molar-refractivity contribution in [2.75, 3.05) is 39.6 Å². The molecule has 100 heavy (non-hydrogen) atoms. The standard InChI is InChI=1S/C81H134O17P2/c1-5-9-13-17-21-25-29-33-36-37-40-43-46-50-54-58-62-66-79(84)92-72-77(98-81(86)68-64-60-56-52-48-44-39-35-31-27-23-19-15-11-7-3)74-96-100(89,90)94-70-75(82)69-93-99(87,88)95-73-76(97-80(85)67-63-59-55-51-47-41-32-28-24-20-16-12-8-4)71-91-78(83)65-61-57-53-49-45-42-38-34-30-26-22-18-14-10-6-2/h9-11,13-15,21-23,25-27,33-36,38-39,45,48-49,52,60,64,75-77,82H,5-8,12,16-20,24,28-32,37,40-44,46-47,50-51,53-59,61-63,65-74H2,1-4H3,(H,87,88)(H,89,90)/b13-9-,14-10-,15-11-,25-21-,26-22-,27-23-,36-33-,38-34-,39-35-,49-45-,52-48-,64-60-. The van der Waals surface area contributed by atoms with Crippen LogP contribution in [0.5, 0.6) is 0 Å². The number of unbranched alkanes of at least 4 members (excludes halogenated alkanes) is 21. The highest BCUT2D eigenvalue weighted by Gasteiger charge is 2.30. The predicted molar refractivity (Wildman–Crippen MR) is 408 cm³/mol. The van der Waals surface area contributed by atoms with Crippen LogP contribution < -0.4 is 0 Å². The van der Waals surface area contributed by atoms with Crippen LogP contribution in [0.1, 0.15) is 285 Å². The first-order valence-electron chi connectivity index (χ1n) is 38.1. The van der Waals surface area contributed by atoms with Gasteiger partial charge < -0.3 is 33.8 Å². The number of hydrogen-bond donors (Lipinski definition) is 3. The third-order valence-electron chi connectivity index (χ3n) is 15.3. The Morgan fingerprint density at radius 3 is 0.910 bits per heavy atom. The first kappa shape index (κ1) is 94.9. The molecule has 0 fully saturated rings. The van der Waals surface area contributed by atoms with Gasteiger partial charge in [0, 0.05) is 19.3 Å². The summed E-state index contributed by atoms with van der Waals surface area (Å²) in [5.41, 5.74) is 0. The number of ether oxygens (including phenoxy) is 4. The van der Waals surface area contributed by atoms with Crippen molar-refractivity contribution in [1.82, 2.24) is 0 Å². The van der Waals surface area contributed by atoms with E-state index < -0.39 is 97.5 Å². The van der Waals surface area contributed by atoms with Gasteiger partial charge in [-0.2, -0.15) is 0 Å². The molecule has 3 N–H and O–H groups in total. The Balaban J connectivity index is 5.45. The fraction of sp³-hybridized carbons (Fsp3) is 0.654. The zero-order valence-electron chi connectivity index (χ0n) is 62.1. The number of carbonyl (C=O) groups excluding carboxylic acids is 4. The van der Waals surface area contributed by atoms with E-state index in [9.17, 15) is 43.2 Å². The normalized spacial score (nSPS) is 14.8. The van der Waals surface area contributed by atoms with Crippen LogP contribution >= 0.6 is 15.6 Å². The summed E-state index contributed by atoms with van der Waals surface area (Å²) >= 11 is 0. The summed E-state index contributed by atoms with van der Waals surface area (Å²) in [6.07, 6.45) is 81.6. The van der Waals surface area contributed by atoms with Gasteiger partial charge in [-0.15, -0.1) is 0 Å². The van der Waals surface area contributed by atoms with Gasteiger partial charge in [0.1, 0.15) is 19.3 Å². The SMILES string of the molecule is CC/C=C\C/C=C\C/C=C\C/C=C\C/C=C\CC(=O)OC(COC(=O)CCCCCCCCC/C=C\C/C=C\C/C=C\CC)COP(=O)(O)OCC(O)COP(=O)(O)OCC(COC(=O)CCCC/C=C\C/C=C\C/C=C\C/C=C\CC)OC(=O)CCCCCCCCCCCCCCC. The Kier molecular flexibility index (Phi) is 68.6. The molecule has 0 aliphatic carbocycles. The minimum Gasteiger partial charge on any atom is -0.462 e. The van der Waals surface area contributed by atoms with Crippen molar-refractivity contribution in [2.45, 2.75) is 303 Å². The van der Waals surface area contributed by atoms with Gasteiger partial charge in [0.05, 0.1) is 32.8 Å². The van der Waals surface area contributed by atoms with Gasteiger partial charge in [-0.25, -0.2) is 9.13 Å². The van der Waals surface area contributed by atoms with E-state index in [1.54, 1.807) is 12.2 Å². The van der Waals surface area contributed by atoms with E-state index >= 15 is 0 Å². The van der Waals surface area contributed by atoms with Crippen LogP contribution in [0.3, 0.4) is 0 Å². The van der Waals surface area contributed by atoms with Crippen molar-refractivity contribution in [3.63, 3.8) is 0 Å². The van der Waals surface area contributed by atoms with E-state index in [0.29, 0.717) is 25.7 Å². The maximum absolute atomic E-state index is 13.1. The maximum Gasteiger partial charge on any atom is 0.472 e. The minimum atomic E-state index is -5.01. The van der Waals surface area contributed by atoms with E-state index in [1.165, 1.54) is 51.4 Å². The average Bonchev–Trinajstić information content (AvgIpc) is 0.932. The van der Waals surface area contributed by atoms with E-state index in [4.69, 9.17) is 37.0 Å². The molecule has 0 radical (unpaired) electrons. The lowest BCUT2D eigenvalue weighted by Crippen LogP contribution is -2.30. The van der Waals surface area contributed by atoms with Crippen molar-refractivity contribution in [1.29, 1.82) is 0 Å². The summed E-state index contributed by atoms with van der Waals surface area (Å²) in [5, 5.41) is 10.6. The lowest BCUT2D eigenvalue weighted by Gasteiger charge is -2.21. The number of phosphoric ester groups is 2. The number of allylic oxidation sites excluding steroid dienone is 23. The quantitative estimate of drug-likeness (QED) is 0.0169. The fourth-order valence-electron chi connectivity index (χ4n) is 9.65. The summed E-state index contributed by atoms with van der Waals surface area (Å²) in [5.74, 6) is -2.38. The lowest BCUT2D eigenvalue weighted by atomic mass is 10.0. The molecule has 0 aromatic rings. The molecule has 0 aliphatic rings. The van der Waals surface area contributed by atoms with Crippen molar-refractivity contribution >= 4 is 39.5 Å². The molecule has 0 saturated carbocycles. The van der Waals surface area contributed by atoms with Crippen LogP contribution in [-0.2, 0) is 65.4 Å². The van der Waals surface area contributed by atoms with Gasteiger partial charge in [-0.05, 0) is 122 Å². The number of carbonyl (C=O) groups is 4. The molecule has 0 aromatic carbocycles. The Bertz CT molecular complexity index is 2470. The fourth-order valence-corrected chi connectivity index (χ4v) is 11.2. The molecule has 19 heteroatoms. The molecular weight excluding hydrogens is 1310 g/mol. The molecule has 0 amide bonds. The predicted octanol–water partition coefficient (Wildman–Crippen LogP) is 21.9. The first-order valence-corrected chi connectivity index (χ1v) is 41.1. The smallest absolute Gasteiger partial charge is 0.462 e. The summed E-state index contributed by atoms with van der Waals surface area (Å²) in [6.45, 7) is 4.35. The van der Waals surface area contributed by atoms with E-state index in [1.807, 2.05) is 12.2 Å². The summed E-state index contributed by atoms with van der Waals surface area (Å²) in [6, 6.07) is 0. The minimum absolute atomic E-state index is 0.0826. The molecule has 0 rings (SSSR count). The molecule has 5 unspecified atom stereocenters. The third-order valence-corrected chi connectivity index (χ3v) is 17.2. The topological polar surface area (TPSA) is 237 Å². The second kappa shape index (κ2) is 72.3. The molecular formula is C81H134O17P2. The second-order valence-electron chi connectivity index (χ2n) is 24.8. The number of esters is 4. The monoisotopic (exact) mass is 1440 g/mol. The van der Waals surface area contributed by atoms with Crippen LogP contribution in [0.25, 0.3) is 0 Å². The molecule has 0 spiro atoms. The van der Waals surface area contributed by atoms with Crippen molar-refractivity contribution in [2.24, 2.45) is 0 Å². The molecule has 0 aromatic heterocycles. The van der Waals surface area contributed by atoms with E-state index in [-0.39, 0.29) is 25.7 Å². The Morgan fingerprint density at radius 2 is 0.560 bits per heavy atom. The van der Waals surface area contributed by atoms with Gasteiger partial charge in [-0.1, -0.05) is 283 Å². The van der Waals surface area contributed by atoms with Crippen LogP contribution in [0, 0.1) is 0 Å². The van der Waals surface area contributed by atoms with Gasteiger partial charge in [0.15, 0.2) is 12.2 Å². The highest BCUT2D eigenvalue weighted by molar-refractivity contribution is 7.47.